The van der Waals surface area contributed by atoms with Gasteiger partial charge in [0.25, 0.3) is 10.0 Å². The van der Waals surface area contributed by atoms with E-state index in [4.69, 9.17) is 5.14 Å². The fraction of sp³-hybridized carbons (Fsp3) is 0.304. The number of aliphatic hydroxyl groups excluding tert-OH is 1. The van der Waals surface area contributed by atoms with E-state index in [2.05, 4.69) is 9.71 Å². The third-order valence-corrected chi connectivity index (χ3v) is 8.49. The van der Waals surface area contributed by atoms with E-state index in [1.165, 1.54) is 18.2 Å². The molecule has 1 aliphatic carbocycles. The number of benzene rings is 2. The van der Waals surface area contributed by atoms with Crippen molar-refractivity contribution in [2.24, 2.45) is 9.54 Å². The average molecular weight is 522 g/mol. The zero-order chi connectivity index (χ0) is 25.8. The van der Waals surface area contributed by atoms with E-state index in [-0.39, 0.29) is 16.8 Å². The number of nitrogens with two attached hydrogens (primary N) is 1. The molecule has 0 amide bonds. The summed E-state index contributed by atoms with van der Waals surface area (Å²) in [7, 11) is -8.67. The van der Waals surface area contributed by atoms with Gasteiger partial charge < -0.3 is 10.4 Å². The molecule has 0 radical (unpaired) electrons. The van der Waals surface area contributed by atoms with Crippen molar-refractivity contribution in [3.63, 3.8) is 0 Å². The van der Waals surface area contributed by atoms with E-state index in [0.717, 1.165) is 18.2 Å². The molecule has 0 saturated carbocycles. The summed E-state index contributed by atoms with van der Waals surface area (Å²) in [5.41, 5.74) is -0.947. The van der Waals surface area contributed by atoms with Crippen molar-refractivity contribution in [3.8, 4) is 0 Å². The molecule has 0 bridgehead atoms. The lowest BCUT2D eigenvalue weighted by atomic mass is 9.63. The largest absolute Gasteiger partial charge is 0.506 e. The van der Waals surface area contributed by atoms with E-state index in [0.29, 0.717) is 31.2 Å². The molecule has 0 unspecified atom stereocenters. The minimum atomic E-state index is -4.48. The first kappa shape index (κ1) is 25.0. The van der Waals surface area contributed by atoms with Crippen molar-refractivity contribution in [2.45, 2.75) is 54.7 Å². The fourth-order valence-electron chi connectivity index (χ4n) is 4.85. The maximum Gasteiger partial charge on any atom is 0.286 e. The summed E-state index contributed by atoms with van der Waals surface area (Å²) in [6.07, 6.45) is 1.99. The van der Waals surface area contributed by atoms with Crippen LogP contribution in [0.15, 0.2) is 56.2 Å². The molecule has 4 N–H and O–H groups in total. The summed E-state index contributed by atoms with van der Waals surface area (Å²) < 4.78 is 67.2. The van der Waals surface area contributed by atoms with Crippen LogP contribution < -0.4 is 10.5 Å². The standard InChI is InChI=1S/C23H24FN3O6S2/c1-3-9-23(10-4-2)16-7-5-13(24)11-15(16)20(28)19(21(23)29)22-26-17-8-6-14(34(25,30)31)12-18(17)35(32,33)27-22/h5-8,11-12,28H,3-4,9-10H2,1-2H3,(H,26,27)(H2,25,30,31). The first-order valence-electron chi connectivity index (χ1n) is 10.9. The lowest BCUT2D eigenvalue weighted by molar-refractivity contribution is -0.121. The van der Waals surface area contributed by atoms with E-state index >= 15 is 0 Å². The van der Waals surface area contributed by atoms with Crippen LogP contribution in [0.2, 0.25) is 0 Å². The zero-order valence-corrected chi connectivity index (χ0v) is 20.6. The summed E-state index contributed by atoms with van der Waals surface area (Å²) in [6.45, 7) is 3.79. The van der Waals surface area contributed by atoms with Crippen molar-refractivity contribution in [3.05, 3.63) is 58.9 Å². The summed E-state index contributed by atoms with van der Waals surface area (Å²) in [5, 5.41) is 18.9. The molecular weight excluding hydrogens is 497 g/mol. The smallest absolute Gasteiger partial charge is 0.286 e. The molecule has 1 aliphatic heterocycles. The number of halogens is 1. The highest BCUT2D eigenvalue weighted by Crippen LogP contribution is 2.46. The summed E-state index contributed by atoms with van der Waals surface area (Å²) in [6, 6.07) is 6.99. The SMILES string of the molecule is CCCC1(CCC)C(=O)C(C2=NS(=O)(=O)c3cc(S(N)(=O)=O)ccc3N2)=C(O)c2cc(F)ccc21. The number of sulfonamides is 2. The van der Waals surface area contributed by atoms with Gasteiger partial charge in [0, 0.05) is 5.56 Å². The molecule has 0 spiro atoms. The van der Waals surface area contributed by atoms with Gasteiger partial charge in [-0.25, -0.2) is 17.9 Å². The van der Waals surface area contributed by atoms with E-state index in [1.807, 2.05) is 13.8 Å². The quantitative estimate of drug-likeness (QED) is 0.526. The molecule has 186 valence electrons. The van der Waals surface area contributed by atoms with Crippen molar-refractivity contribution in [1.29, 1.82) is 0 Å². The Kier molecular flexibility index (Phi) is 6.10. The monoisotopic (exact) mass is 521 g/mol. The van der Waals surface area contributed by atoms with Crippen LogP contribution in [0.4, 0.5) is 10.1 Å². The van der Waals surface area contributed by atoms with Crippen LogP contribution in [-0.2, 0) is 30.3 Å². The highest BCUT2D eigenvalue weighted by atomic mass is 32.2. The van der Waals surface area contributed by atoms with Crippen molar-refractivity contribution >= 4 is 43.1 Å². The number of ketones is 1. The summed E-state index contributed by atoms with van der Waals surface area (Å²) in [4.78, 5) is 13.1. The van der Waals surface area contributed by atoms with Gasteiger partial charge in [0.05, 0.1) is 16.0 Å². The minimum Gasteiger partial charge on any atom is -0.506 e. The Hall–Kier alpha value is -3.09. The Morgan fingerprint density at radius 3 is 2.37 bits per heavy atom. The topological polar surface area (TPSA) is 156 Å². The number of fused-ring (bicyclic) bond motifs is 2. The number of Topliss-reactive ketones (excluding diaryl/α,β-unsaturated/α-hetero) is 1. The lowest BCUT2D eigenvalue weighted by Crippen LogP contribution is -2.44. The van der Waals surface area contributed by atoms with Gasteiger partial charge in [0.2, 0.25) is 10.0 Å². The Bertz CT molecular complexity index is 1520. The number of anilines is 1. The van der Waals surface area contributed by atoms with E-state index in [9.17, 15) is 31.1 Å². The third-order valence-electron chi connectivity index (χ3n) is 6.27. The number of hydrogen-bond donors (Lipinski definition) is 3. The van der Waals surface area contributed by atoms with Gasteiger partial charge in [-0.3, -0.25) is 4.79 Å². The molecule has 2 aromatic carbocycles. The van der Waals surface area contributed by atoms with Crippen molar-refractivity contribution in [1.82, 2.24) is 0 Å². The van der Waals surface area contributed by atoms with E-state index in [1.54, 1.807) is 0 Å². The van der Waals surface area contributed by atoms with Crippen LogP contribution in [0.5, 0.6) is 0 Å². The molecular formula is C23H24FN3O6S2. The molecule has 2 aromatic rings. The molecule has 12 heteroatoms. The molecule has 9 nitrogen and oxygen atoms in total. The lowest BCUT2D eigenvalue weighted by Gasteiger charge is -2.39. The highest BCUT2D eigenvalue weighted by molar-refractivity contribution is 7.91. The number of rotatable bonds is 6. The molecule has 35 heavy (non-hydrogen) atoms. The van der Waals surface area contributed by atoms with Crippen LogP contribution in [0.1, 0.15) is 50.7 Å². The first-order valence-corrected chi connectivity index (χ1v) is 13.9. The molecule has 0 fully saturated rings. The zero-order valence-electron chi connectivity index (χ0n) is 19.0. The van der Waals surface area contributed by atoms with Crippen LogP contribution in [0.25, 0.3) is 5.76 Å². The Labute approximate surface area is 202 Å². The number of nitrogens with one attached hydrogen (secondary N) is 1. The van der Waals surface area contributed by atoms with Gasteiger partial charge in [-0.1, -0.05) is 32.8 Å². The minimum absolute atomic E-state index is 0.0443. The molecule has 2 aliphatic rings. The second-order valence-corrected chi connectivity index (χ2v) is 11.7. The average Bonchev–Trinajstić information content (AvgIpc) is 2.77. The van der Waals surface area contributed by atoms with Crippen LogP contribution in [0.3, 0.4) is 0 Å². The van der Waals surface area contributed by atoms with Gasteiger partial charge in [0.15, 0.2) is 11.6 Å². The number of nitrogens with zero attached hydrogens (tertiary/aromatic N) is 1. The maximum atomic E-state index is 14.2. The normalized spacial score (nSPS) is 18.4. The third kappa shape index (κ3) is 4.05. The van der Waals surface area contributed by atoms with Gasteiger partial charge >= 0.3 is 0 Å². The van der Waals surface area contributed by atoms with Crippen LogP contribution in [0, 0.1) is 5.82 Å². The van der Waals surface area contributed by atoms with Gasteiger partial charge in [-0.15, -0.1) is 4.40 Å². The van der Waals surface area contributed by atoms with Crippen molar-refractivity contribution < 1.29 is 31.1 Å². The van der Waals surface area contributed by atoms with Gasteiger partial charge in [-0.05, 0) is 48.7 Å². The summed E-state index contributed by atoms with van der Waals surface area (Å²) >= 11 is 0. The maximum absolute atomic E-state index is 14.2. The molecule has 4 rings (SSSR count). The number of carbonyl (C=O) groups is 1. The second-order valence-electron chi connectivity index (χ2n) is 8.57. The van der Waals surface area contributed by atoms with Crippen LogP contribution >= 0.6 is 0 Å². The van der Waals surface area contributed by atoms with Crippen molar-refractivity contribution in [2.75, 3.05) is 5.32 Å². The summed E-state index contributed by atoms with van der Waals surface area (Å²) in [5.74, 6) is -2.16. The number of hydrogen-bond acceptors (Lipinski definition) is 7. The number of carbonyl (C=O) groups excluding carboxylic acids is 1. The predicted octanol–water partition coefficient (Wildman–Crippen LogP) is 3.38. The van der Waals surface area contributed by atoms with Crippen LogP contribution in [-0.4, -0.2) is 33.6 Å². The van der Waals surface area contributed by atoms with Gasteiger partial charge in [0.1, 0.15) is 22.0 Å². The van der Waals surface area contributed by atoms with E-state index < -0.39 is 58.4 Å². The fourth-order valence-corrected chi connectivity index (χ4v) is 6.62. The molecule has 0 aromatic heterocycles. The second kappa shape index (κ2) is 8.54. The highest BCUT2D eigenvalue weighted by Gasteiger charge is 2.48. The number of aliphatic hydroxyl groups is 1. The first-order chi connectivity index (χ1) is 16.4. The van der Waals surface area contributed by atoms with Gasteiger partial charge in [-0.2, -0.15) is 8.42 Å². The number of amidine groups is 1. The molecule has 0 saturated heterocycles. The predicted molar refractivity (Wildman–Crippen MR) is 129 cm³/mol. The number of primary sulfonamides is 1. The molecule has 0 atom stereocenters. The molecule has 1 heterocycles. The Morgan fingerprint density at radius 1 is 1.11 bits per heavy atom. The Morgan fingerprint density at radius 2 is 1.77 bits per heavy atom. The Balaban J connectivity index is 1.96.